The number of furan rings is 1. The largest absolute Gasteiger partial charge is 0.461 e. The SMILES string of the molecule is CC(C)n1c(=O)[nH]c2c(C(N)=O)nc(-c3ccco3)nc21. The summed E-state index contributed by atoms with van der Waals surface area (Å²) in [6.07, 6.45) is 1.47. The summed E-state index contributed by atoms with van der Waals surface area (Å²) >= 11 is 0. The second-order valence-electron chi connectivity index (χ2n) is 4.83. The molecule has 3 N–H and O–H groups in total. The van der Waals surface area contributed by atoms with Crippen molar-refractivity contribution in [3.63, 3.8) is 0 Å². The summed E-state index contributed by atoms with van der Waals surface area (Å²) in [5, 5.41) is 0. The molecule has 0 aliphatic rings. The quantitative estimate of drug-likeness (QED) is 0.746. The lowest BCUT2D eigenvalue weighted by atomic mass is 10.3. The van der Waals surface area contributed by atoms with Crippen LogP contribution in [0.2, 0.25) is 0 Å². The zero-order valence-electron chi connectivity index (χ0n) is 11.5. The van der Waals surface area contributed by atoms with Gasteiger partial charge < -0.3 is 15.1 Å². The molecule has 0 spiro atoms. The second kappa shape index (κ2) is 4.58. The number of imidazole rings is 1. The first-order valence-corrected chi connectivity index (χ1v) is 6.35. The fourth-order valence-electron chi connectivity index (χ4n) is 2.18. The number of fused-ring (bicyclic) bond motifs is 1. The lowest BCUT2D eigenvalue weighted by molar-refractivity contribution is 0.0997. The lowest BCUT2D eigenvalue weighted by Gasteiger charge is -2.07. The maximum atomic E-state index is 12.0. The van der Waals surface area contributed by atoms with E-state index < -0.39 is 5.91 Å². The Bertz CT molecular complexity index is 873. The first kappa shape index (κ1) is 13.1. The minimum Gasteiger partial charge on any atom is -0.461 e. The predicted molar refractivity (Wildman–Crippen MR) is 74.8 cm³/mol. The normalized spacial score (nSPS) is 11.4. The highest BCUT2D eigenvalue weighted by molar-refractivity contribution is 6.01. The Kier molecular flexibility index (Phi) is 2.86. The molecule has 8 nitrogen and oxygen atoms in total. The summed E-state index contributed by atoms with van der Waals surface area (Å²) in [6.45, 7) is 3.68. The number of carbonyl (C=O) groups is 1. The third kappa shape index (κ3) is 2.00. The van der Waals surface area contributed by atoms with Gasteiger partial charge in [0.15, 0.2) is 22.9 Å². The number of rotatable bonds is 3. The summed E-state index contributed by atoms with van der Waals surface area (Å²) < 4.78 is 6.68. The Morgan fingerprint density at radius 1 is 1.43 bits per heavy atom. The van der Waals surface area contributed by atoms with E-state index in [1.165, 1.54) is 10.8 Å². The van der Waals surface area contributed by atoms with Crippen LogP contribution in [0.15, 0.2) is 27.6 Å². The highest BCUT2D eigenvalue weighted by atomic mass is 16.3. The van der Waals surface area contributed by atoms with E-state index in [4.69, 9.17) is 10.2 Å². The van der Waals surface area contributed by atoms with Crippen LogP contribution in [0, 0.1) is 0 Å². The summed E-state index contributed by atoms with van der Waals surface area (Å²) in [6, 6.07) is 3.21. The summed E-state index contributed by atoms with van der Waals surface area (Å²) in [5.74, 6) is -0.148. The van der Waals surface area contributed by atoms with E-state index in [1.54, 1.807) is 12.1 Å². The maximum absolute atomic E-state index is 12.0. The Morgan fingerprint density at radius 3 is 2.76 bits per heavy atom. The van der Waals surface area contributed by atoms with Gasteiger partial charge >= 0.3 is 5.69 Å². The van der Waals surface area contributed by atoms with Crippen molar-refractivity contribution in [3.8, 4) is 11.6 Å². The van der Waals surface area contributed by atoms with Gasteiger partial charge in [-0.05, 0) is 26.0 Å². The number of primary amides is 1. The van der Waals surface area contributed by atoms with Crippen molar-refractivity contribution in [2.24, 2.45) is 5.73 Å². The van der Waals surface area contributed by atoms with Crippen molar-refractivity contribution in [2.45, 2.75) is 19.9 Å². The van der Waals surface area contributed by atoms with E-state index in [1.807, 2.05) is 13.8 Å². The van der Waals surface area contributed by atoms with Crippen molar-refractivity contribution in [1.29, 1.82) is 0 Å². The first-order valence-electron chi connectivity index (χ1n) is 6.35. The molecule has 1 amide bonds. The molecule has 3 heterocycles. The molecule has 3 aromatic rings. The third-order valence-corrected chi connectivity index (χ3v) is 3.06. The average molecular weight is 287 g/mol. The number of aromatic nitrogens is 4. The van der Waals surface area contributed by atoms with Crippen molar-refractivity contribution >= 4 is 17.1 Å². The van der Waals surface area contributed by atoms with E-state index >= 15 is 0 Å². The number of hydrogen-bond acceptors (Lipinski definition) is 5. The number of nitrogens with one attached hydrogen (secondary N) is 1. The van der Waals surface area contributed by atoms with E-state index in [2.05, 4.69) is 15.0 Å². The molecule has 0 saturated carbocycles. The Balaban J connectivity index is 2.41. The highest BCUT2D eigenvalue weighted by Gasteiger charge is 2.21. The van der Waals surface area contributed by atoms with Crippen LogP contribution in [0.3, 0.4) is 0 Å². The maximum Gasteiger partial charge on any atom is 0.327 e. The molecular formula is C13H13N5O3. The molecule has 0 aliphatic carbocycles. The minimum atomic E-state index is -0.743. The Hall–Kier alpha value is -2.90. The van der Waals surface area contributed by atoms with Crippen LogP contribution < -0.4 is 11.4 Å². The van der Waals surface area contributed by atoms with Crippen LogP contribution in [0.25, 0.3) is 22.7 Å². The van der Waals surface area contributed by atoms with E-state index in [9.17, 15) is 9.59 Å². The van der Waals surface area contributed by atoms with E-state index in [-0.39, 0.29) is 28.8 Å². The summed E-state index contributed by atoms with van der Waals surface area (Å²) in [4.78, 5) is 34.6. The number of nitrogens with two attached hydrogens (primary N) is 1. The van der Waals surface area contributed by atoms with Gasteiger partial charge in [-0.2, -0.15) is 0 Å². The van der Waals surface area contributed by atoms with Gasteiger partial charge in [-0.1, -0.05) is 0 Å². The van der Waals surface area contributed by atoms with Crippen LogP contribution in [-0.2, 0) is 0 Å². The smallest absolute Gasteiger partial charge is 0.327 e. The molecule has 21 heavy (non-hydrogen) atoms. The molecule has 0 bridgehead atoms. The average Bonchev–Trinajstić information content (AvgIpc) is 3.02. The van der Waals surface area contributed by atoms with Crippen LogP contribution in [-0.4, -0.2) is 25.4 Å². The van der Waals surface area contributed by atoms with Crippen LogP contribution in [0.1, 0.15) is 30.4 Å². The molecule has 0 aliphatic heterocycles. The second-order valence-corrected chi connectivity index (χ2v) is 4.83. The monoisotopic (exact) mass is 287 g/mol. The lowest BCUT2D eigenvalue weighted by Crippen LogP contribution is -2.18. The molecule has 3 rings (SSSR count). The molecule has 0 saturated heterocycles. The van der Waals surface area contributed by atoms with Crippen molar-refractivity contribution in [3.05, 3.63) is 34.6 Å². The van der Waals surface area contributed by atoms with E-state index in [0.29, 0.717) is 11.4 Å². The Labute approximate surface area is 118 Å². The topological polar surface area (TPSA) is 120 Å². The predicted octanol–water partition coefficient (Wildman–Crippen LogP) is 1.06. The molecule has 0 unspecified atom stereocenters. The van der Waals surface area contributed by atoms with Crippen LogP contribution >= 0.6 is 0 Å². The number of carbonyl (C=O) groups excluding carboxylic acids is 1. The van der Waals surface area contributed by atoms with Gasteiger partial charge in [0, 0.05) is 6.04 Å². The number of H-pyrrole nitrogens is 1. The highest BCUT2D eigenvalue weighted by Crippen LogP contribution is 2.21. The zero-order chi connectivity index (χ0) is 15.1. The van der Waals surface area contributed by atoms with Crippen molar-refractivity contribution in [1.82, 2.24) is 19.5 Å². The summed E-state index contributed by atoms with van der Waals surface area (Å²) in [5.41, 5.74) is 5.50. The van der Waals surface area contributed by atoms with Crippen LogP contribution in [0.5, 0.6) is 0 Å². The van der Waals surface area contributed by atoms with Gasteiger partial charge in [0.2, 0.25) is 0 Å². The van der Waals surface area contributed by atoms with Crippen molar-refractivity contribution in [2.75, 3.05) is 0 Å². The molecule has 108 valence electrons. The standard InChI is InChI=1S/C13H13N5O3/c1-6(2)18-12-9(16-13(18)20)8(10(14)19)15-11(17-12)7-4-3-5-21-7/h3-6H,1-2H3,(H2,14,19)(H,16,20). The van der Waals surface area contributed by atoms with Gasteiger partial charge in [-0.3, -0.25) is 9.36 Å². The summed E-state index contributed by atoms with van der Waals surface area (Å²) in [7, 11) is 0. The van der Waals surface area contributed by atoms with Gasteiger partial charge in [0.25, 0.3) is 5.91 Å². The minimum absolute atomic E-state index is 0.0390. The number of nitrogens with zero attached hydrogens (tertiary/aromatic N) is 3. The zero-order valence-corrected chi connectivity index (χ0v) is 11.5. The van der Waals surface area contributed by atoms with E-state index in [0.717, 1.165) is 0 Å². The Morgan fingerprint density at radius 2 is 2.19 bits per heavy atom. The third-order valence-electron chi connectivity index (χ3n) is 3.06. The van der Waals surface area contributed by atoms with Gasteiger partial charge in [-0.25, -0.2) is 14.8 Å². The number of aromatic amines is 1. The van der Waals surface area contributed by atoms with Gasteiger partial charge in [0.05, 0.1) is 6.26 Å². The van der Waals surface area contributed by atoms with Crippen molar-refractivity contribution < 1.29 is 9.21 Å². The number of amides is 1. The first-order chi connectivity index (χ1) is 9.99. The number of hydrogen-bond donors (Lipinski definition) is 2. The fraction of sp³-hybridized carbons (Fsp3) is 0.231. The molecule has 0 atom stereocenters. The molecule has 3 aromatic heterocycles. The fourth-order valence-corrected chi connectivity index (χ4v) is 2.18. The van der Waals surface area contributed by atoms with Gasteiger partial charge in [0.1, 0.15) is 5.52 Å². The molecule has 0 fully saturated rings. The van der Waals surface area contributed by atoms with Crippen LogP contribution in [0.4, 0.5) is 0 Å². The van der Waals surface area contributed by atoms with Gasteiger partial charge in [-0.15, -0.1) is 0 Å². The molecular weight excluding hydrogens is 274 g/mol. The molecule has 0 radical (unpaired) electrons. The molecule has 8 heteroatoms. The molecule has 0 aromatic carbocycles.